The normalized spacial score (nSPS) is 14.2. The van der Waals surface area contributed by atoms with Crippen LogP contribution in [-0.4, -0.2) is 52.4 Å². The van der Waals surface area contributed by atoms with Crippen molar-refractivity contribution >= 4 is 22.7 Å². The number of hydrogen-bond acceptors (Lipinski definition) is 3. The van der Waals surface area contributed by atoms with E-state index in [-0.39, 0.29) is 18.4 Å². The number of hydrogen-bond donors (Lipinski definition) is 0. The van der Waals surface area contributed by atoms with Crippen molar-refractivity contribution in [2.24, 2.45) is 0 Å². The number of carbonyl (C=O) groups excluding carboxylic acids is 2. The van der Waals surface area contributed by atoms with E-state index in [4.69, 9.17) is 4.74 Å². The second-order valence-electron chi connectivity index (χ2n) is 7.33. The van der Waals surface area contributed by atoms with Gasteiger partial charge in [-0.25, -0.2) is 0 Å². The molecule has 3 aromatic rings. The molecule has 1 aromatic heterocycles. The number of fused-ring (bicyclic) bond motifs is 1. The highest BCUT2D eigenvalue weighted by molar-refractivity contribution is 5.84. The lowest BCUT2D eigenvalue weighted by molar-refractivity contribution is -0.138. The first-order valence-electron chi connectivity index (χ1n) is 9.89. The predicted molar refractivity (Wildman–Crippen MR) is 112 cm³/mol. The Morgan fingerprint density at radius 3 is 2.38 bits per heavy atom. The van der Waals surface area contributed by atoms with E-state index < -0.39 is 0 Å². The zero-order valence-electron chi connectivity index (χ0n) is 16.6. The van der Waals surface area contributed by atoms with Gasteiger partial charge in [0.25, 0.3) is 0 Å². The first-order chi connectivity index (χ1) is 14.1. The lowest BCUT2D eigenvalue weighted by atomic mass is 10.2. The smallest absolute Gasteiger partial charge is 0.242 e. The molecule has 1 saturated heterocycles. The second kappa shape index (κ2) is 8.39. The van der Waals surface area contributed by atoms with E-state index in [9.17, 15) is 9.59 Å². The van der Waals surface area contributed by atoms with Crippen molar-refractivity contribution in [1.82, 2.24) is 14.4 Å². The Morgan fingerprint density at radius 2 is 1.66 bits per heavy atom. The van der Waals surface area contributed by atoms with Crippen molar-refractivity contribution in [1.29, 1.82) is 0 Å². The van der Waals surface area contributed by atoms with E-state index in [1.165, 1.54) is 0 Å². The van der Waals surface area contributed by atoms with E-state index in [0.717, 1.165) is 22.2 Å². The Hall–Kier alpha value is -3.28. The van der Waals surface area contributed by atoms with Crippen molar-refractivity contribution in [2.45, 2.75) is 20.1 Å². The Kier molecular flexibility index (Phi) is 5.51. The van der Waals surface area contributed by atoms with Gasteiger partial charge in [-0.05, 0) is 29.1 Å². The highest BCUT2D eigenvalue weighted by Crippen LogP contribution is 2.23. The first kappa shape index (κ1) is 19.1. The number of piperazine rings is 1. The summed E-state index contributed by atoms with van der Waals surface area (Å²) < 4.78 is 7.90. The van der Waals surface area contributed by atoms with Crippen LogP contribution >= 0.6 is 0 Å². The van der Waals surface area contributed by atoms with Crippen LogP contribution in [0, 0.1) is 0 Å². The Morgan fingerprint density at radius 1 is 0.931 bits per heavy atom. The Labute approximate surface area is 170 Å². The van der Waals surface area contributed by atoms with Crippen LogP contribution in [0.25, 0.3) is 10.9 Å². The van der Waals surface area contributed by atoms with Crippen LogP contribution in [-0.2, 0) is 22.7 Å². The molecule has 150 valence electrons. The number of benzene rings is 2. The average molecular weight is 391 g/mol. The van der Waals surface area contributed by atoms with Gasteiger partial charge in [0.05, 0.1) is 5.52 Å². The fraction of sp³-hybridized carbons (Fsp3) is 0.304. The number of nitrogens with zero attached hydrogens (tertiary/aromatic N) is 3. The molecule has 6 nitrogen and oxygen atoms in total. The summed E-state index contributed by atoms with van der Waals surface area (Å²) >= 11 is 0. The molecule has 0 bridgehead atoms. The molecule has 0 aliphatic carbocycles. The molecule has 1 aliphatic heterocycles. The molecule has 6 heteroatoms. The highest BCUT2D eigenvalue weighted by Gasteiger charge is 2.22. The maximum Gasteiger partial charge on any atom is 0.242 e. The van der Waals surface area contributed by atoms with Gasteiger partial charge >= 0.3 is 0 Å². The molecule has 2 amide bonds. The van der Waals surface area contributed by atoms with E-state index in [1.54, 1.807) is 11.8 Å². The highest BCUT2D eigenvalue weighted by atomic mass is 16.5. The zero-order chi connectivity index (χ0) is 20.2. The van der Waals surface area contributed by atoms with Crippen molar-refractivity contribution in [3.63, 3.8) is 0 Å². The van der Waals surface area contributed by atoms with Gasteiger partial charge < -0.3 is 19.1 Å². The summed E-state index contributed by atoms with van der Waals surface area (Å²) in [5.41, 5.74) is 2.09. The molecular weight excluding hydrogens is 366 g/mol. The summed E-state index contributed by atoms with van der Waals surface area (Å²) in [5, 5.41) is 1.08. The Bertz CT molecular complexity index is 1000. The molecule has 4 rings (SSSR count). The molecule has 0 radical (unpaired) electrons. The van der Waals surface area contributed by atoms with E-state index in [1.807, 2.05) is 70.3 Å². The maximum absolute atomic E-state index is 12.8. The standard InChI is InChI=1S/C23H25N3O3/c1-18(27)24-11-13-25(14-12-24)23(28)16-26-10-9-20-7-8-21(15-22(20)26)29-17-19-5-3-2-4-6-19/h2-10,15H,11-14,16-17H2,1H3. The van der Waals surface area contributed by atoms with Gasteiger partial charge in [-0.3, -0.25) is 9.59 Å². The third kappa shape index (κ3) is 4.42. The van der Waals surface area contributed by atoms with Gasteiger partial charge in [-0.2, -0.15) is 0 Å². The van der Waals surface area contributed by atoms with Crippen LogP contribution < -0.4 is 4.74 Å². The molecule has 2 heterocycles. The molecular formula is C23H25N3O3. The molecule has 2 aromatic carbocycles. The molecule has 1 aliphatic rings. The summed E-state index contributed by atoms with van der Waals surface area (Å²) in [6, 6.07) is 18.0. The van der Waals surface area contributed by atoms with Crippen LogP contribution in [0.2, 0.25) is 0 Å². The van der Waals surface area contributed by atoms with Gasteiger partial charge in [0.2, 0.25) is 11.8 Å². The topological polar surface area (TPSA) is 54.8 Å². The Balaban J connectivity index is 1.42. The fourth-order valence-corrected chi connectivity index (χ4v) is 3.65. The van der Waals surface area contributed by atoms with Crippen molar-refractivity contribution in [2.75, 3.05) is 26.2 Å². The molecule has 0 unspecified atom stereocenters. The van der Waals surface area contributed by atoms with Gasteiger partial charge in [0.1, 0.15) is 18.9 Å². The van der Waals surface area contributed by atoms with Crippen LogP contribution in [0.3, 0.4) is 0 Å². The molecule has 29 heavy (non-hydrogen) atoms. The quantitative estimate of drug-likeness (QED) is 0.672. The molecule has 0 spiro atoms. The van der Waals surface area contributed by atoms with E-state index in [2.05, 4.69) is 0 Å². The largest absolute Gasteiger partial charge is 0.489 e. The number of amides is 2. The number of aromatic nitrogens is 1. The fourth-order valence-electron chi connectivity index (χ4n) is 3.65. The predicted octanol–water partition coefficient (Wildman–Crippen LogP) is 2.91. The van der Waals surface area contributed by atoms with Gasteiger partial charge in [-0.1, -0.05) is 30.3 Å². The van der Waals surface area contributed by atoms with Crippen molar-refractivity contribution < 1.29 is 14.3 Å². The van der Waals surface area contributed by atoms with Gasteiger partial charge in [0, 0.05) is 45.4 Å². The van der Waals surface area contributed by atoms with E-state index >= 15 is 0 Å². The van der Waals surface area contributed by atoms with Gasteiger partial charge in [0.15, 0.2) is 0 Å². The van der Waals surface area contributed by atoms with Crippen molar-refractivity contribution in [3.05, 3.63) is 66.4 Å². The van der Waals surface area contributed by atoms with E-state index in [0.29, 0.717) is 32.8 Å². The monoisotopic (exact) mass is 391 g/mol. The minimum absolute atomic E-state index is 0.0662. The van der Waals surface area contributed by atoms with Crippen LogP contribution in [0.5, 0.6) is 5.75 Å². The average Bonchev–Trinajstić information content (AvgIpc) is 3.15. The first-order valence-corrected chi connectivity index (χ1v) is 9.89. The van der Waals surface area contributed by atoms with Crippen molar-refractivity contribution in [3.8, 4) is 5.75 Å². The third-order valence-corrected chi connectivity index (χ3v) is 5.38. The minimum atomic E-state index is 0.0662. The SMILES string of the molecule is CC(=O)N1CCN(C(=O)Cn2ccc3ccc(OCc4ccccc4)cc32)CC1. The summed E-state index contributed by atoms with van der Waals surface area (Å²) in [5.74, 6) is 0.918. The lowest BCUT2D eigenvalue weighted by Gasteiger charge is -2.34. The molecule has 0 saturated carbocycles. The second-order valence-corrected chi connectivity index (χ2v) is 7.33. The lowest BCUT2D eigenvalue weighted by Crippen LogP contribution is -2.50. The van der Waals surface area contributed by atoms with Gasteiger partial charge in [-0.15, -0.1) is 0 Å². The summed E-state index contributed by atoms with van der Waals surface area (Å²) in [6.45, 7) is 4.74. The molecule has 0 N–H and O–H groups in total. The minimum Gasteiger partial charge on any atom is -0.489 e. The van der Waals surface area contributed by atoms with Crippen LogP contribution in [0.15, 0.2) is 60.8 Å². The molecule has 1 fully saturated rings. The summed E-state index contributed by atoms with van der Waals surface area (Å²) in [6.07, 6.45) is 1.94. The summed E-state index contributed by atoms with van der Waals surface area (Å²) in [4.78, 5) is 27.8. The number of carbonyl (C=O) groups is 2. The molecule has 0 atom stereocenters. The van der Waals surface area contributed by atoms with Crippen LogP contribution in [0.1, 0.15) is 12.5 Å². The summed E-state index contributed by atoms with van der Waals surface area (Å²) in [7, 11) is 0. The number of ether oxygens (including phenoxy) is 1. The number of rotatable bonds is 5. The van der Waals surface area contributed by atoms with Crippen LogP contribution in [0.4, 0.5) is 0 Å². The third-order valence-electron chi connectivity index (χ3n) is 5.38. The zero-order valence-corrected chi connectivity index (χ0v) is 16.6. The maximum atomic E-state index is 12.8.